The molecule has 0 saturated heterocycles. The monoisotopic (exact) mass is 364 g/mol. The van der Waals surface area contributed by atoms with Crippen LogP contribution in [0.2, 0.25) is 0 Å². The zero-order valence-electron chi connectivity index (χ0n) is 12.5. The molecule has 1 aromatic carbocycles. The summed E-state index contributed by atoms with van der Waals surface area (Å²) in [5.41, 5.74) is 2.68. The molecule has 112 valence electrons. The van der Waals surface area contributed by atoms with Crippen molar-refractivity contribution >= 4 is 27.3 Å². The first-order valence-electron chi connectivity index (χ1n) is 7.58. The van der Waals surface area contributed by atoms with Crippen LogP contribution in [0.5, 0.6) is 0 Å². The summed E-state index contributed by atoms with van der Waals surface area (Å²) in [6, 6.07) is 9.04. The maximum Gasteiger partial charge on any atom is 0.0975 e. The van der Waals surface area contributed by atoms with Gasteiger partial charge in [-0.2, -0.15) is 0 Å². The van der Waals surface area contributed by atoms with E-state index in [1.54, 1.807) is 0 Å². The van der Waals surface area contributed by atoms with Gasteiger partial charge in [0.15, 0.2) is 0 Å². The van der Waals surface area contributed by atoms with Gasteiger partial charge in [0.05, 0.1) is 10.7 Å². The smallest absolute Gasteiger partial charge is 0.0975 e. The predicted octanol–water partition coefficient (Wildman–Crippen LogP) is 4.87. The van der Waals surface area contributed by atoms with Gasteiger partial charge in [0.25, 0.3) is 0 Å². The minimum absolute atomic E-state index is 0.521. The Balaban J connectivity index is 1.77. The summed E-state index contributed by atoms with van der Waals surface area (Å²) in [7, 11) is 0. The highest BCUT2D eigenvalue weighted by Gasteiger charge is 2.29. The average molecular weight is 365 g/mol. The van der Waals surface area contributed by atoms with Crippen molar-refractivity contribution in [1.29, 1.82) is 0 Å². The van der Waals surface area contributed by atoms with Crippen molar-refractivity contribution in [3.63, 3.8) is 0 Å². The molecule has 1 aliphatic carbocycles. The fourth-order valence-corrected chi connectivity index (χ4v) is 4.00. The number of rotatable bonds is 6. The van der Waals surface area contributed by atoms with E-state index in [0.717, 1.165) is 23.4 Å². The Kier molecular flexibility index (Phi) is 4.77. The van der Waals surface area contributed by atoms with E-state index in [-0.39, 0.29) is 0 Å². The minimum Gasteiger partial charge on any atom is -0.310 e. The number of halogens is 1. The summed E-state index contributed by atoms with van der Waals surface area (Å²) >= 11 is 5.42. The first-order valence-corrected chi connectivity index (χ1v) is 9.19. The summed E-state index contributed by atoms with van der Waals surface area (Å²) < 4.78 is 1.14. The lowest BCUT2D eigenvalue weighted by atomic mass is 10.2. The van der Waals surface area contributed by atoms with Crippen LogP contribution in [0.25, 0.3) is 0 Å². The summed E-state index contributed by atoms with van der Waals surface area (Å²) in [4.78, 5) is 6.38. The van der Waals surface area contributed by atoms with Gasteiger partial charge in [-0.1, -0.05) is 41.9 Å². The Morgan fingerprint density at radius 1 is 1.38 bits per heavy atom. The normalized spacial score (nSPS) is 14.9. The number of thiazole rings is 1. The molecule has 4 heteroatoms. The van der Waals surface area contributed by atoms with Gasteiger partial charge in [0.2, 0.25) is 0 Å². The minimum atomic E-state index is 0.521. The third-order valence-corrected chi connectivity index (χ3v) is 5.22. The lowest BCUT2D eigenvalue weighted by Gasteiger charge is -2.07. The zero-order valence-corrected chi connectivity index (χ0v) is 14.9. The van der Waals surface area contributed by atoms with E-state index in [9.17, 15) is 0 Å². The number of nitrogens with one attached hydrogen (secondary N) is 1. The van der Waals surface area contributed by atoms with Crippen LogP contribution in [0.15, 0.2) is 28.7 Å². The van der Waals surface area contributed by atoms with Crippen LogP contribution in [0.4, 0.5) is 0 Å². The summed E-state index contributed by atoms with van der Waals surface area (Å²) in [5.74, 6) is 0.724. The summed E-state index contributed by atoms with van der Waals surface area (Å²) in [5, 5.41) is 4.78. The molecule has 3 rings (SSSR count). The third kappa shape index (κ3) is 4.15. The van der Waals surface area contributed by atoms with Crippen LogP contribution in [0.3, 0.4) is 0 Å². The second kappa shape index (κ2) is 6.59. The average Bonchev–Trinajstić information content (AvgIpc) is 3.19. The van der Waals surface area contributed by atoms with Crippen LogP contribution in [-0.4, -0.2) is 11.0 Å². The Hall–Kier alpha value is -0.710. The van der Waals surface area contributed by atoms with Crippen molar-refractivity contribution in [3.8, 4) is 0 Å². The van der Waals surface area contributed by atoms with E-state index in [1.165, 1.54) is 34.0 Å². The molecule has 0 radical (unpaired) electrons. The van der Waals surface area contributed by atoms with Crippen LogP contribution < -0.4 is 5.32 Å². The topological polar surface area (TPSA) is 24.9 Å². The molecule has 1 aliphatic rings. The van der Waals surface area contributed by atoms with E-state index in [1.807, 2.05) is 11.3 Å². The lowest BCUT2D eigenvalue weighted by Crippen LogP contribution is -2.21. The van der Waals surface area contributed by atoms with Crippen LogP contribution >= 0.6 is 27.3 Å². The molecule has 0 aliphatic heterocycles. The number of aromatic nitrogens is 1. The molecule has 1 N–H and O–H groups in total. The summed E-state index contributed by atoms with van der Waals surface area (Å²) in [6.45, 7) is 5.35. The quantitative estimate of drug-likeness (QED) is 0.790. The number of nitrogens with zero attached hydrogens (tertiary/aromatic N) is 1. The third-order valence-electron chi connectivity index (χ3n) is 3.65. The van der Waals surface area contributed by atoms with Gasteiger partial charge in [-0.15, -0.1) is 11.3 Å². The Morgan fingerprint density at radius 3 is 2.86 bits per heavy atom. The van der Waals surface area contributed by atoms with Crippen LogP contribution in [-0.2, 0) is 13.0 Å². The highest BCUT2D eigenvalue weighted by Crippen LogP contribution is 2.43. The molecular formula is C17H21BrN2S. The molecule has 1 heterocycles. The number of hydrogen-bond donors (Lipinski definition) is 1. The number of benzene rings is 1. The molecule has 0 unspecified atom stereocenters. The van der Waals surface area contributed by atoms with Crippen molar-refractivity contribution in [2.75, 3.05) is 0 Å². The van der Waals surface area contributed by atoms with Gasteiger partial charge in [-0.25, -0.2) is 4.98 Å². The number of hydrogen-bond acceptors (Lipinski definition) is 3. The van der Waals surface area contributed by atoms with Crippen LogP contribution in [0.1, 0.15) is 53.7 Å². The van der Waals surface area contributed by atoms with Gasteiger partial charge in [0.1, 0.15) is 0 Å². The molecule has 0 bridgehead atoms. The molecule has 21 heavy (non-hydrogen) atoms. The molecule has 1 aromatic heterocycles. The van der Waals surface area contributed by atoms with Crippen molar-refractivity contribution in [2.24, 2.45) is 0 Å². The van der Waals surface area contributed by atoms with Crippen molar-refractivity contribution < 1.29 is 0 Å². The molecule has 0 atom stereocenters. The predicted molar refractivity (Wildman–Crippen MR) is 93.0 cm³/mol. The van der Waals surface area contributed by atoms with Gasteiger partial charge >= 0.3 is 0 Å². The fraction of sp³-hybridized carbons (Fsp3) is 0.471. The highest BCUT2D eigenvalue weighted by molar-refractivity contribution is 9.10. The first kappa shape index (κ1) is 15.2. The van der Waals surface area contributed by atoms with E-state index < -0.39 is 0 Å². The first-order chi connectivity index (χ1) is 10.1. The van der Waals surface area contributed by atoms with Crippen molar-refractivity contribution in [1.82, 2.24) is 10.3 Å². The van der Waals surface area contributed by atoms with E-state index in [4.69, 9.17) is 4.98 Å². The highest BCUT2D eigenvalue weighted by atomic mass is 79.9. The van der Waals surface area contributed by atoms with Gasteiger partial charge < -0.3 is 5.32 Å². The maximum atomic E-state index is 4.94. The molecule has 2 nitrogen and oxygen atoms in total. The largest absolute Gasteiger partial charge is 0.310 e. The molecule has 0 amide bonds. The fourth-order valence-electron chi connectivity index (χ4n) is 2.41. The van der Waals surface area contributed by atoms with Gasteiger partial charge in [0, 0.05) is 34.3 Å². The Morgan fingerprint density at radius 2 is 2.19 bits per heavy atom. The van der Waals surface area contributed by atoms with Gasteiger partial charge in [-0.05, 0) is 30.5 Å². The molecule has 0 spiro atoms. The Bertz CT molecular complexity index is 617. The van der Waals surface area contributed by atoms with Crippen molar-refractivity contribution in [2.45, 2.75) is 51.6 Å². The molecule has 1 fully saturated rings. The lowest BCUT2D eigenvalue weighted by molar-refractivity contribution is 0.590. The second-order valence-corrected chi connectivity index (χ2v) is 8.12. The van der Waals surface area contributed by atoms with E-state index in [0.29, 0.717) is 6.04 Å². The van der Waals surface area contributed by atoms with E-state index >= 15 is 0 Å². The standard InChI is InChI=1S/C17H21BrN2S/c1-11(2)19-10-15-17(13-6-7-13)20-16(21-15)9-12-4-3-5-14(18)8-12/h3-5,8,11,13,19H,6-7,9-10H2,1-2H3. The molecule has 1 saturated carbocycles. The second-order valence-electron chi connectivity index (χ2n) is 6.03. The van der Waals surface area contributed by atoms with Crippen molar-refractivity contribution in [3.05, 3.63) is 49.9 Å². The zero-order chi connectivity index (χ0) is 14.8. The SMILES string of the molecule is CC(C)NCc1sc(Cc2cccc(Br)c2)nc1C1CC1. The van der Waals surface area contributed by atoms with Gasteiger partial charge in [-0.3, -0.25) is 0 Å². The van der Waals surface area contributed by atoms with E-state index in [2.05, 4.69) is 59.4 Å². The summed E-state index contributed by atoms with van der Waals surface area (Å²) in [6.07, 6.45) is 3.56. The maximum absolute atomic E-state index is 4.94. The van der Waals surface area contributed by atoms with Crippen LogP contribution in [0, 0.1) is 0 Å². The molecular weight excluding hydrogens is 344 g/mol. The molecule has 2 aromatic rings. The Labute approximate surface area is 139 Å².